The van der Waals surface area contributed by atoms with Gasteiger partial charge >= 0.3 is 0 Å². The summed E-state index contributed by atoms with van der Waals surface area (Å²) in [4.78, 5) is 15.9. The maximum Gasteiger partial charge on any atom is 0.273 e. The van der Waals surface area contributed by atoms with Gasteiger partial charge in [-0.15, -0.1) is 0 Å². The summed E-state index contributed by atoms with van der Waals surface area (Å²) in [7, 11) is 0. The van der Waals surface area contributed by atoms with Crippen molar-refractivity contribution in [2.24, 2.45) is 0 Å². The lowest BCUT2D eigenvalue weighted by molar-refractivity contribution is -0.385. The van der Waals surface area contributed by atoms with Crippen LogP contribution in [0.5, 0.6) is 0 Å². The molecule has 0 aliphatic carbocycles. The zero-order valence-corrected chi connectivity index (χ0v) is 15.6. The molecular weight excluding hydrogens is 366 g/mol. The SMILES string of the molecule is Cc1nn(-c2ccccc2)c2c1C(c1ccccc1[N+](=O)[O-])c1cccnc1N2. The topological polar surface area (TPSA) is 85.9 Å². The normalized spacial score (nSPS) is 14.6. The van der Waals surface area contributed by atoms with Crippen LogP contribution >= 0.6 is 0 Å². The van der Waals surface area contributed by atoms with E-state index in [1.165, 1.54) is 0 Å². The van der Waals surface area contributed by atoms with Gasteiger partial charge in [-0.1, -0.05) is 42.5 Å². The van der Waals surface area contributed by atoms with Gasteiger partial charge in [-0.25, -0.2) is 9.67 Å². The Labute approximate surface area is 166 Å². The Bertz CT molecular complexity index is 1230. The fraction of sp³-hybridized carbons (Fsp3) is 0.0909. The maximum absolute atomic E-state index is 11.8. The quantitative estimate of drug-likeness (QED) is 0.360. The molecule has 4 aromatic rings. The molecule has 1 aliphatic heterocycles. The number of rotatable bonds is 3. The molecule has 0 bridgehead atoms. The van der Waals surface area contributed by atoms with Crippen LogP contribution in [0, 0.1) is 17.0 Å². The molecule has 2 aromatic heterocycles. The molecule has 3 heterocycles. The van der Waals surface area contributed by atoms with Crippen molar-refractivity contribution in [3.05, 3.63) is 105 Å². The van der Waals surface area contributed by atoms with Gasteiger partial charge in [0, 0.05) is 34.9 Å². The summed E-state index contributed by atoms with van der Waals surface area (Å²) in [5.41, 5.74) is 4.25. The fourth-order valence-corrected chi connectivity index (χ4v) is 4.00. The average molecular weight is 383 g/mol. The van der Waals surface area contributed by atoms with Gasteiger partial charge in [0.15, 0.2) is 0 Å². The highest BCUT2D eigenvalue weighted by atomic mass is 16.6. The van der Waals surface area contributed by atoms with Crippen LogP contribution in [0.15, 0.2) is 72.9 Å². The second-order valence-corrected chi connectivity index (χ2v) is 6.91. The Kier molecular flexibility index (Phi) is 3.87. The third-order valence-corrected chi connectivity index (χ3v) is 5.23. The first kappa shape index (κ1) is 17.1. The maximum atomic E-state index is 11.8. The summed E-state index contributed by atoms with van der Waals surface area (Å²) < 4.78 is 1.84. The lowest BCUT2D eigenvalue weighted by Crippen LogP contribution is -2.17. The summed E-state index contributed by atoms with van der Waals surface area (Å²) in [6.45, 7) is 1.93. The van der Waals surface area contributed by atoms with Crippen molar-refractivity contribution in [3.8, 4) is 5.69 Å². The first-order valence-electron chi connectivity index (χ1n) is 9.25. The number of benzene rings is 2. The zero-order valence-electron chi connectivity index (χ0n) is 15.6. The third-order valence-electron chi connectivity index (χ3n) is 5.23. The summed E-state index contributed by atoms with van der Waals surface area (Å²) in [5, 5.41) is 19.9. The van der Waals surface area contributed by atoms with E-state index in [1.807, 2.05) is 66.2 Å². The van der Waals surface area contributed by atoms with E-state index in [9.17, 15) is 10.1 Å². The second kappa shape index (κ2) is 6.56. The number of nitro benzene ring substituents is 1. The molecule has 1 N–H and O–H groups in total. The van der Waals surface area contributed by atoms with Crippen molar-refractivity contribution in [2.45, 2.75) is 12.8 Å². The predicted molar refractivity (Wildman–Crippen MR) is 110 cm³/mol. The molecule has 1 atom stereocenters. The minimum atomic E-state index is -0.339. The van der Waals surface area contributed by atoms with E-state index in [0.717, 1.165) is 28.3 Å². The minimum absolute atomic E-state index is 0.0898. The molecular formula is C22H17N5O2. The molecule has 0 spiro atoms. The number of aryl methyl sites for hydroxylation is 1. The molecule has 29 heavy (non-hydrogen) atoms. The molecule has 5 rings (SSSR count). The molecule has 1 aliphatic rings. The number of nitro groups is 1. The molecule has 0 saturated heterocycles. The van der Waals surface area contributed by atoms with Crippen molar-refractivity contribution in [3.63, 3.8) is 0 Å². The first-order chi connectivity index (χ1) is 14.1. The Balaban J connectivity index is 1.81. The summed E-state index contributed by atoms with van der Waals surface area (Å²) in [6.07, 6.45) is 1.71. The summed E-state index contributed by atoms with van der Waals surface area (Å²) in [6, 6.07) is 20.5. The van der Waals surface area contributed by atoms with Crippen LogP contribution in [0.4, 0.5) is 17.3 Å². The van der Waals surface area contributed by atoms with E-state index in [1.54, 1.807) is 18.3 Å². The van der Waals surface area contributed by atoms with E-state index in [-0.39, 0.29) is 16.5 Å². The lowest BCUT2D eigenvalue weighted by atomic mass is 9.82. The summed E-state index contributed by atoms with van der Waals surface area (Å²) in [5.74, 6) is 1.12. The highest BCUT2D eigenvalue weighted by molar-refractivity contribution is 5.74. The molecule has 7 nitrogen and oxygen atoms in total. The number of nitrogens with zero attached hydrogens (tertiary/aromatic N) is 4. The number of fused-ring (bicyclic) bond motifs is 2. The molecule has 2 aromatic carbocycles. The molecule has 0 fully saturated rings. The van der Waals surface area contributed by atoms with Gasteiger partial charge in [0.25, 0.3) is 5.69 Å². The fourth-order valence-electron chi connectivity index (χ4n) is 4.00. The number of hydrogen-bond acceptors (Lipinski definition) is 5. The van der Waals surface area contributed by atoms with E-state index < -0.39 is 0 Å². The Morgan fingerprint density at radius 2 is 1.72 bits per heavy atom. The molecule has 1 unspecified atom stereocenters. The largest absolute Gasteiger partial charge is 0.324 e. The van der Waals surface area contributed by atoms with Gasteiger partial charge in [0.05, 0.1) is 16.3 Å². The standard InChI is InChI=1S/C22H17N5O2/c1-14-19-20(16-10-5-6-12-18(16)27(28)29)17-11-7-13-23-21(17)24-22(19)26(25-14)15-8-3-2-4-9-15/h2-13,20H,1H3,(H,23,24). The van der Waals surface area contributed by atoms with Gasteiger partial charge in [-0.2, -0.15) is 5.10 Å². The second-order valence-electron chi connectivity index (χ2n) is 6.91. The van der Waals surface area contributed by atoms with Crippen LogP contribution in [-0.2, 0) is 0 Å². The Hall–Kier alpha value is -4.00. The highest BCUT2D eigenvalue weighted by Gasteiger charge is 2.36. The molecule has 0 amide bonds. The van der Waals surface area contributed by atoms with E-state index in [4.69, 9.17) is 5.10 Å². The van der Waals surface area contributed by atoms with Gasteiger partial charge in [-0.05, 0) is 25.1 Å². The Morgan fingerprint density at radius 3 is 2.52 bits per heavy atom. The molecule has 0 saturated carbocycles. The molecule has 7 heteroatoms. The van der Waals surface area contributed by atoms with Gasteiger partial charge in [0.1, 0.15) is 11.6 Å². The van der Waals surface area contributed by atoms with Crippen LogP contribution in [-0.4, -0.2) is 19.7 Å². The summed E-state index contributed by atoms with van der Waals surface area (Å²) >= 11 is 0. The van der Waals surface area contributed by atoms with E-state index >= 15 is 0 Å². The molecule has 142 valence electrons. The van der Waals surface area contributed by atoms with Crippen LogP contribution in [0.2, 0.25) is 0 Å². The molecule has 0 radical (unpaired) electrons. The van der Waals surface area contributed by atoms with Crippen LogP contribution < -0.4 is 5.32 Å². The smallest absolute Gasteiger partial charge is 0.273 e. The number of anilines is 2. The Morgan fingerprint density at radius 1 is 1.00 bits per heavy atom. The van der Waals surface area contributed by atoms with Crippen LogP contribution in [0.25, 0.3) is 5.69 Å². The van der Waals surface area contributed by atoms with E-state index in [0.29, 0.717) is 11.4 Å². The van der Waals surface area contributed by atoms with Crippen molar-refractivity contribution < 1.29 is 4.92 Å². The number of para-hydroxylation sites is 2. The average Bonchev–Trinajstić information content (AvgIpc) is 3.09. The number of hydrogen-bond donors (Lipinski definition) is 1. The van der Waals surface area contributed by atoms with Gasteiger partial charge in [-0.3, -0.25) is 10.1 Å². The monoisotopic (exact) mass is 383 g/mol. The number of aromatic nitrogens is 3. The van der Waals surface area contributed by atoms with Crippen molar-refractivity contribution >= 4 is 17.3 Å². The van der Waals surface area contributed by atoms with Crippen molar-refractivity contribution in [1.29, 1.82) is 0 Å². The van der Waals surface area contributed by atoms with Crippen molar-refractivity contribution in [1.82, 2.24) is 14.8 Å². The number of pyridine rings is 1. The van der Waals surface area contributed by atoms with Gasteiger partial charge in [0.2, 0.25) is 0 Å². The lowest BCUT2D eigenvalue weighted by Gasteiger charge is -2.27. The van der Waals surface area contributed by atoms with Crippen LogP contribution in [0.1, 0.15) is 28.3 Å². The minimum Gasteiger partial charge on any atom is -0.324 e. The van der Waals surface area contributed by atoms with Crippen molar-refractivity contribution in [2.75, 3.05) is 5.32 Å². The van der Waals surface area contributed by atoms with Crippen LogP contribution in [0.3, 0.4) is 0 Å². The predicted octanol–water partition coefficient (Wildman–Crippen LogP) is 4.72. The van der Waals surface area contributed by atoms with E-state index in [2.05, 4.69) is 10.3 Å². The zero-order chi connectivity index (χ0) is 20.0. The van der Waals surface area contributed by atoms with Gasteiger partial charge < -0.3 is 5.32 Å². The first-order valence-corrected chi connectivity index (χ1v) is 9.25. The number of nitrogens with one attached hydrogen (secondary N) is 1. The highest BCUT2D eigenvalue weighted by Crippen LogP contribution is 2.47. The third kappa shape index (κ3) is 2.67.